The van der Waals surface area contributed by atoms with Gasteiger partial charge in [-0.25, -0.2) is 0 Å². The summed E-state index contributed by atoms with van der Waals surface area (Å²) in [5.41, 5.74) is -0.682. The van der Waals surface area contributed by atoms with Gasteiger partial charge < -0.3 is 4.74 Å². The third-order valence-corrected chi connectivity index (χ3v) is 2.07. The third-order valence-electron chi connectivity index (χ3n) is 1.43. The van der Waals surface area contributed by atoms with Crippen molar-refractivity contribution in [2.75, 3.05) is 5.33 Å². The van der Waals surface area contributed by atoms with Crippen LogP contribution in [-0.4, -0.2) is 23.3 Å². The molecule has 2 atom stereocenters. The molecule has 10 heavy (non-hydrogen) atoms. The molecule has 0 bridgehead atoms. The Kier molecular flexibility index (Phi) is 2.26. The van der Waals surface area contributed by atoms with Crippen molar-refractivity contribution in [2.24, 2.45) is 0 Å². The molecule has 0 saturated carbocycles. The minimum atomic E-state index is -0.682. The molecule has 1 aliphatic rings. The van der Waals surface area contributed by atoms with E-state index < -0.39 is 5.60 Å². The maximum atomic E-state index is 10.4. The molecule has 1 heterocycles. The number of hydrogen-bond donors (Lipinski definition) is 0. The molecular formula is C7H9BrO2. The van der Waals surface area contributed by atoms with Crippen molar-refractivity contribution >= 4 is 22.2 Å². The maximum Gasteiger partial charge on any atom is 0.155 e. The van der Waals surface area contributed by atoms with E-state index >= 15 is 0 Å². The zero-order valence-electron chi connectivity index (χ0n) is 5.71. The summed E-state index contributed by atoms with van der Waals surface area (Å²) in [7, 11) is 0. The largest absolute Gasteiger partial charge is 0.356 e. The Morgan fingerprint density at radius 2 is 2.60 bits per heavy atom. The van der Waals surface area contributed by atoms with Gasteiger partial charge in [-0.05, 0) is 13.0 Å². The summed E-state index contributed by atoms with van der Waals surface area (Å²) in [5.74, 6) is 0. The van der Waals surface area contributed by atoms with Gasteiger partial charge in [-0.2, -0.15) is 0 Å². The van der Waals surface area contributed by atoms with Crippen LogP contribution in [0.3, 0.4) is 0 Å². The SMILES string of the molecule is C[C@@]1(C=O)C=C[C@@H](CBr)O1. The Morgan fingerprint density at radius 1 is 1.90 bits per heavy atom. The lowest BCUT2D eigenvalue weighted by atomic mass is 10.1. The number of carbonyl (C=O) groups excluding carboxylic acids is 1. The van der Waals surface area contributed by atoms with Crippen LogP contribution in [0.4, 0.5) is 0 Å². The van der Waals surface area contributed by atoms with Crippen LogP contribution in [0, 0.1) is 0 Å². The fraction of sp³-hybridized carbons (Fsp3) is 0.571. The van der Waals surface area contributed by atoms with Gasteiger partial charge in [-0.3, -0.25) is 4.79 Å². The van der Waals surface area contributed by atoms with Crippen LogP contribution in [-0.2, 0) is 9.53 Å². The molecule has 3 heteroatoms. The number of aldehydes is 1. The van der Waals surface area contributed by atoms with Crippen LogP contribution >= 0.6 is 15.9 Å². The first-order valence-electron chi connectivity index (χ1n) is 3.10. The van der Waals surface area contributed by atoms with E-state index in [-0.39, 0.29) is 6.10 Å². The fourth-order valence-corrected chi connectivity index (χ4v) is 1.20. The molecule has 56 valence electrons. The molecule has 0 saturated heterocycles. The van der Waals surface area contributed by atoms with Crippen molar-refractivity contribution in [3.05, 3.63) is 12.2 Å². The minimum absolute atomic E-state index is 0.0511. The summed E-state index contributed by atoms with van der Waals surface area (Å²) >= 11 is 3.26. The lowest BCUT2D eigenvalue weighted by molar-refractivity contribution is -0.123. The van der Waals surface area contributed by atoms with E-state index in [0.29, 0.717) is 0 Å². The summed E-state index contributed by atoms with van der Waals surface area (Å²) in [6, 6.07) is 0. The predicted molar refractivity (Wildman–Crippen MR) is 42.3 cm³/mol. The number of rotatable bonds is 2. The van der Waals surface area contributed by atoms with Gasteiger partial charge in [0.25, 0.3) is 0 Å². The molecule has 0 spiro atoms. The molecule has 0 N–H and O–H groups in total. The molecule has 2 nitrogen and oxygen atoms in total. The quantitative estimate of drug-likeness (QED) is 0.385. The smallest absolute Gasteiger partial charge is 0.155 e. The van der Waals surface area contributed by atoms with Gasteiger partial charge >= 0.3 is 0 Å². The average molecular weight is 205 g/mol. The van der Waals surface area contributed by atoms with Gasteiger partial charge in [0.15, 0.2) is 6.29 Å². The molecule has 0 unspecified atom stereocenters. The minimum Gasteiger partial charge on any atom is -0.356 e. The van der Waals surface area contributed by atoms with Crippen LogP contribution in [0.25, 0.3) is 0 Å². The van der Waals surface area contributed by atoms with Crippen LogP contribution in [0.5, 0.6) is 0 Å². The summed E-state index contributed by atoms with van der Waals surface area (Å²) in [5, 5.41) is 0.743. The van der Waals surface area contributed by atoms with Crippen molar-refractivity contribution in [3.63, 3.8) is 0 Å². The van der Waals surface area contributed by atoms with Crippen molar-refractivity contribution in [2.45, 2.75) is 18.6 Å². The number of carbonyl (C=O) groups is 1. The fourth-order valence-electron chi connectivity index (χ4n) is 0.853. The van der Waals surface area contributed by atoms with E-state index in [1.54, 1.807) is 13.0 Å². The number of ether oxygens (including phenoxy) is 1. The van der Waals surface area contributed by atoms with Crippen LogP contribution in [0.1, 0.15) is 6.92 Å². The summed E-state index contributed by atoms with van der Waals surface area (Å²) < 4.78 is 5.32. The Bertz CT molecular complexity index is 167. The maximum absolute atomic E-state index is 10.4. The van der Waals surface area contributed by atoms with E-state index in [0.717, 1.165) is 11.6 Å². The number of alkyl halides is 1. The van der Waals surface area contributed by atoms with Gasteiger partial charge in [0.05, 0.1) is 6.10 Å². The highest BCUT2D eigenvalue weighted by molar-refractivity contribution is 9.09. The first-order valence-corrected chi connectivity index (χ1v) is 4.22. The lowest BCUT2D eigenvalue weighted by Gasteiger charge is -2.16. The van der Waals surface area contributed by atoms with E-state index in [1.807, 2.05) is 6.08 Å². The molecule has 0 aromatic heterocycles. The van der Waals surface area contributed by atoms with Crippen molar-refractivity contribution < 1.29 is 9.53 Å². The van der Waals surface area contributed by atoms with Gasteiger partial charge in [0.1, 0.15) is 5.60 Å². The molecule has 1 aliphatic heterocycles. The molecule has 1 rings (SSSR count). The van der Waals surface area contributed by atoms with Crippen LogP contribution < -0.4 is 0 Å². The second-order valence-electron chi connectivity index (χ2n) is 2.47. The highest BCUT2D eigenvalue weighted by atomic mass is 79.9. The van der Waals surface area contributed by atoms with E-state index in [1.165, 1.54) is 0 Å². The summed E-state index contributed by atoms with van der Waals surface area (Å²) in [6.07, 6.45) is 4.54. The summed E-state index contributed by atoms with van der Waals surface area (Å²) in [6.45, 7) is 1.75. The standard InChI is InChI=1S/C7H9BrO2/c1-7(5-9)3-2-6(4-8)10-7/h2-3,5-6H,4H2,1H3/t6-,7-/m0/s1. The van der Waals surface area contributed by atoms with Gasteiger partial charge in [-0.15, -0.1) is 0 Å². The Labute approximate surface area is 68.4 Å². The monoisotopic (exact) mass is 204 g/mol. The molecule has 0 aliphatic carbocycles. The zero-order chi connectivity index (χ0) is 7.61. The van der Waals surface area contributed by atoms with Crippen molar-refractivity contribution in [1.82, 2.24) is 0 Å². The van der Waals surface area contributed by atoms with Gasteiger partial charge in [-0.1, -0.05) is 22.0 Å². The number of hydrogen-bond acceptors (Lipinski definition) is 2. The van der Waals surface area contributed by atoms with Crippen molar-refractivity contribution in [1.29, 1.82) is 0 Å². The zero-order valence-corrected chi connectivity index (χ0v) is 7.30. The molecule has 0 aromatic carbocycles. The molecule has 0 radical (unpaired) electrons. The lowest BCUT2D eigenvalue weighted by Crippen LogP contribution is -2.27. The molecular weight excluding hydrogens is 196 g/mol. The first-order chi connectivity index (χ1) is 4.70. The van der Waals surface area contributed by atoms with Gasteiger partial charge in [0.2, 0.25) is 0 Å². The van der Waals surface area contributed by atoms with Crippen LogP contribution in [0.2, 0.25) is 0 Å². The highest BCUT2D eigenvalue weighted by Gasteiger charge is 2.29. The second kappa shape index (κ2) is 2.84. The van der Waals surface area contributed by atoms with E-state index in [2.05, 4.69) is 15.9 Å². The highest BCUT2D eigenvalue weighted by Crippen LogP contribution is 2.21. The van der Waals surface area contributed by atoms with E-state index in [4.69, 9.17) is 4.74 Å². The summed E-state index contributed by atoms with van der Waals surface area (Å²) in [4.78, 5) is 10.4. The molecule has 0 aromatic rings. The number of halogens is 1. The van der Waals surface area contributed by atoms with Crippen molar-refractivity contribution in [3.8, 4) is 0 Å². The molecule has 0 fully saturated rings. The second-order valence-corrected chi connectivity index (χ2v) is 3.12. The Balaban J connectivity index is 2.59. The topological polar surface area (TPSA) is 26.3 Å². The van der Waals surface area contributed by atoms with Gasteiger partial charge in [0, 0.05) is 5.33 Å². The third kappa shape index (κ3) is 1.47. The normalized spacial score (nSPS) is 38.4. The first kappa shape index (κ1) is 7.95. The Hall–Kier alpha value is -0.150. The average Bonchev–Trinajstić information content (AvgIpc) is 2.33. The van der Waals surface area contributed by atoms with Crippen LogP contribution in [0.15, 0.2) is 12.2 Å². The van der Waals surface area contributed by atoms with E-state index in [9.17, 15) is 4.79 Å². The Morgan fingerprint density at radius 3 is 2.90 bits per heavy atom. The molecule has 0 amide bonds. The predicted octanol–water partition coefficient (Wildman–Crippen LogP) is 1.29.